The molecular weight excluding hydrogens is 200 g/mol. The molecule has 0 unspecified atom stereocenters. The van der Waals surface area contributed by atoms with Crippen molar-refractivity contribution in [2.75, 3.05) is 0 Å². The predicted octanol–water partition coefficient (Wildman–Crippen LogP) is 2.21. The summed E-state index contributed by atoms with van der Waals surface area (Å²) in [6.07, 6.45) is 5.29. The molecule has 0 N–H and O–H groups in total. The van der Waals surface area contributed by atoms with Crippen LogP contribution in [0.2, 0.25) is 0 Å². The monoisotopic (exact) mass is 212 g/mol. The maximum Gasteiger partial charge on any atom is 0.170 e. The summed E-state index contributed by atoms with van der Waals surface area (Å²) >= 11 is 0. The lowest BCUT2D eigenvalue weighted by Crippen LogP contribution is -2.05. The van der Waals surface area contributed by atoms with Crippen LogP contribution in [-0.2, 0) is 6.42 Å². The number of hydrogen-bond acceptors (Lipinski definition) is 3. The minimum absolute atomic E-state index is 0.0474. The van der Waals surface area contributed by atoms with Gasteiger partial charge in [-0.1, -0.05) is 0 Å². The van der Waals surface area contributed by atoms with Crippen molar-refractivity contribution in [2.45, 2.75) is 13.3 Å². The molecule has 0 fully saturated rings. The summed E-state index contributed by atoms with van der Waals surface area (Å²) in [6, 6.07) is 7.37. The maximum absolute atomic E-state index is 11.8. The summed E-state index contributed by atoms with van der Waals surface area (Å²) in [4.78, 5) is 19.9. The average molecular weight is 212 g/mol. The van der Waals surface area contributed by atoms with Crippen molar-refractivity contribution in [3.05, 3.63) is 59.7 Å². The molecule has 0 aromatic carbocycles. The van der Waals surface area contributed by atoms with E-state index in [4.69, 9.17) is 0 Å². The Labute approximate surface area is 94.2 Å². The molecule has 0 atom stereocenters. The van der Waals surface area contributed by atoms with Crippen LogP contribution in [0.5, 0.6) is 0 Å². The topological polar surface area (TPSA) is 42.9 Å². The van der Waals surface area contributed by atoms with Crippen molar-refractivity contribution in [2.24, 2.45) is 0 Å². The zero-order valence-electron chi connectivity index (χ0n) is 9.05. The lowest BCUT2D eigenvalue weighted by molar-refractivity contribution is 0.0991. The van der Waals surface area contributed by atoms with Crippen molar-refractivity contribution in [3.63, 3.8) is 0 Å². The highest BCUT2D eigenvalue weighted by molar-refractivity contribution is 5.96. The van der Waals surface area contributed by atoms with Crippen LogP contribution >= 0.6 is 0 Å². The summed E-state index contributed by atoms with van der Waals surface area (Å²) in [6.45, 7) is 1.99. The number of pyridine rings is 2. The molecule has 2 rings (SSSR count). The van der Waals surface area contributed by atoms with Crippen LogP contribution < -0.4 is 0 Å². The van der Waals surface area contributed by atoms with Gasteiger partial charge >= 0.3 is 0 Å². The Hall–Kier alpha value is -2.03. The fourth-order valence-electron chi connectivity index (χ4n) is 1.49. The Bertz CT molecular complexity index is 494. The first-order valence-corrected chi connectivity index (χ1v) is 5.10. The third-order valence-electron chi connectivity index (χ3n) is 2.30. The molecule has 3 heteroatoms. The Morgan fingerprint density at radius 3 is 2.88 bits per heavy atom. The van der Waals surface area contributed by atoms with Gasteiger partial charge < -0.3 is 0 Å². The number of hydrogen-bond donors (Lipinski definition) is 0. The van der Waals surface area contributed by atoms with Gasteiger partial charge in [0.15, 0.2) is 5.78 Å². The fourth-order valence-corrected chi connectivity index (χ4v) is 1.49. The molecule has 2 aromatic heterocycles. The Kier molecular flexibility index (Phi) is 3.05. The number of ketones is 1. The van der Waals surface area contributed by atoms with E-state index in [9.17, 15) is 4.79 Å². The van der Waals surface area contributed by atoms with Gasteiger partial charge in [-0.3, -0.25) is 14.8 Å². The number of Topliss-reactive ketones (excluding diaryl/α,β-unsaturated/α-hetero) is 1. The van der Waals surface area contributed by atoms with E-state index in [0.717, 1.165) is 11.3 Å². The van der Waals surface area contributed by atoms with E-state index in [1.165, 1.54) is 0 Å². The molecule has 0 spiro atoms. The van der Waals surface area contributed by atoms with Gasteiger partial charge in [-0.05, 0) is 36.8 Å². The van der Waals surface area contributed by atoms with Crippen molar-refractivity contribution in [3.8, 4) is 0 Å². The molecule has 80 valence electrons. The van der Waals surface area contributed by atoms with E-state index < -0.39 is 0 Å². The standard InChI is InChI=1S/C13H12N2O/c1-10-4-6-15-12(7-10)8-13(16)11-3-2-5-14-9-11/h2-7,9H,8H2,1H3. The molecule has 0 bridgehead atoms. The minimum atomic E-state index is 0.0474. The molecule has 0 aliphatic rings. The highest BCUT2D eigenvalue weighted by Crippen LogP contribution is 2.06. The normalized spacial score (nSPS) is 10.1. The number of rotatable bonds is 3. The zero-order chi connectivity index (χ0) is 11.4. The fraction of sp³-hybridized carbons (Fsp3) is 0.154. The smallest absolute Gasteiger partial charge is 0.170 e. The third-order valence-corrected chi connectivity index (χ3v) is 2.30. The van der Waals surface area contributed by atoms with E-state index >= 15 is 0 Å². The number of carbonyl (C=O) groups is 1. The van der Waals surface area contributed by atoms with Crippen LogP contribution in [0.15, 0.2) is 42.9 Å². The molecular formula is C13H12N2O. The first-order valence-electron chi connectivity index (χ1n) is 5.10. The summed E-state index contributed by atoms with van der Waals surface area (Å²) in [5.41, 5.74) is 2.55. The van der Waals surface area contributed by atoms with Gasteiger partial charge in [0.25, 0.3) is 0 Å². The predicted molar refractivity (Wildman–Crippen MR) is 61.2 cm³/mol. The van der Waals surface area contributed by atoms with Crippen molar-refractivity contribution in [1.29, 1.82) is 0 Å². The van der Waals surface area contributed by atoms with E-state index in [2.05, 4.69) is 9.97 Å². The Balaban J connectivity index is 2.14. The zero-order valence-corrected chi connectivity index (χ0v) is 9.05. The van der Waals surface area contributed by atoms with Crippen LogP contribution in [-0.4, -0.2) is 15.8 Å². The second-order valence-corrected chi connectivity index (χ2v) is 3.67. The summed E-state index contributed by atoms with van der Waals surface area (Å²) in [5, 5.41) is 0. The highest BCUT2D eigenvalue weighted by atomic mass is 16.1. The summed E-state index contributed by atoms with van der Waals surface area (Å²) < 4.78 is 0. The number of carbonyl (C=O) groups excluding carboxylic acids is 1. The maximum atomic E-state index is 11.8. The van der Waals surface area contributed by atoms with E-state index in [-0.39, 0.29) is 5.78 Å². The van der Waals surface area contributed by atoms with Gasteiger partial charge in [0.2, 0.25) is 0 Å². The lowest BCUT2D eigenvalue weighted by Gasteiger charge is -2.01. The van der Waals surface area contributed by atoms with Crippen molar-refractivity contribution in [1.82, 2.24) is 9.97 Å². The highest BCUT2D eigenvalue weighted by Gasteiger charge is 2.07. The van der Waals surface area contributed by atoms with Gasteiger partial charge in [-0.25, -0.2) is 0 Å². The van der Waals surface area contributed by atoms with E-state index in [1.54, 1.807) is 30.7 Å². The number of aryl methyl sites for hydroxylation is 1. The average Bonchev–Trinajstić information content (AvgIpc) is 2.30. The van der Waals surface area contributed by atoms with Crippen LogP contribution in [0.1, 0.15) is 21.6 Å². The van der Waals surface area contributed by atoms with Gasteiger partial charge in [0, 0.05) is 29.8 Å². The minimum Gasteiger partial charge on any atom is -0.294 e. The quantitative estimate of drug-likeness (QED) is 0.732. The van der Waals surface area contributed by atoms with Crippen LogP contribution in [0.25, 0.3) is 0 Å². The SMILES string of the molecule is Cc1ccnc(CC(=O)c2cccnc2)c1. The summed E-state index contributed by atoms with van der Waals surface area (Å²) in [7, 11) is 0. The van der Waals surface area contributed by atoms with Gasteiger partial charge in [0.1, 0.15) is 0 Å². The lowest BCUT2D eigenvalue weighted by atomic mass is 10.1. The van der Waals surface area contributed by atoms with Crippen LogP contribution in [0, 0.1) is 6.92 Å². The number of nitrogens with zero attached hydrogens (tertiary/aromatic N) is 2. The molecule has 0 saturated carbocycles. The Morgan fingerprint density at radius 1 is 1.31 bits per heavy atom. The summed E-state index contributed by atoms with van der Waals surface area (Å²) in [5.74, 6) is 0.0474. The molecule has 2 aromatic rings. The molecule has 0 radical (unpaired) electrons. The molecule has 0 aliphatic heterocycles. The molecule has 2 heterocycles. The van der Waals surface area contributed by atoms with Crippen LogP contribution in [0.3, 0.4) is 0 Å². The molecule has 0 aliphatic carbocycles. The van der Waals surface area contributed by atoms with Crippen molar-refractivity contribution < 1.29 is 4.79 Å². The second-order valence-electron chi connectivity index (χ2n) is 3.67. The van der Waals surface area contributed by atoms with Gasteiger partial charge in [-0.2, -0.15) is 0 Å². The Morgan fingerprint density at radius 2 is 2.19 bits per heavy atom. The number of aromatic nitrogens is 2. The van der Waals surface area contributed by atoms with Gasteiger partial charge in [0.05, 0.1) is 6.42 Å². The molecule has 0 amide bonds. The first-order chi connectivity index (χ1) is 7.75. The third kappa shape index (κ3) is 2.51. The largest absolute Gasteiger partial charge is 0.294 e. The first kappa shape index (κ1) is 10.5. The molecule has 16 heavy (non-hydrogen) atoms. The van der Waals surface area contributed by atoms with Crippen LogP contribution in [0.4, 0.5) is 0 Å². The van der Waals surface area contributed by atoms with E-state index in [0.29, 0.717) is 12.0 Å². The van der Waals surface area contributed by atoms with E-state index in [1.807, 2.05) is 19.1 Å². The van der Waals surface area contributed by atoms with Crippen molar-refractivity contribution >= 4 is 5.78 Å². The van der Waals surface area contributed by atoms with Gasteiger partial charge in [-0.15, -0.1) is 0 Å². The second kappa shape index (κ2) is 4.66. The molecule has 0 saturated heterocycles. The molecule has 3 nitrogen and oxygen atoms in total.